The highest BCUT2D eigenvalue weighted by atomic mass is 16.5. The first-order valence-electron chi connectivity index (χ1n) is 11.5. The van der Waals surface area contributed by atoms with Crippen LogP contribution in [-0.4, -0.2) is 84.0 Å². The first-order valence-corrected chi connectivity index (χ1v) is 11.5. The molecule has 0 aromatic rings. The fraction of sp³-hybridized carbons (Fsp3) is 0.909. The van der Waals surface area contributed by atoms with Gasteiger partial charge in [0.2, 0.25) is 11.8 Å². The van der Waals surface area contributed by atoms with E-state index < -0.39 is 0 Å². The molecule has 2 unspecified atom stereocenters. The van der Waals surface area contributed by atoms with Crippen LogP contribution in [0.1, 0.15) is 58.8 Å². The van der Waals surface area contributed by atoms with Crippen molar-refractivity contribution in [3.05, 3.63) is 0 Å². The minimum atomic E-state index is -0.0101. The minimum Gasteiger partial charge on any atom is -0.381 e. The maximum Gasteiger partial charge on any atom is 0.237 e. The van der Waals surface area contributed by atoms with E-state index in [1.54, 1.807) is 0 Å². The van der Waals surface area contributed by atoms with Crippen molar-refractivity contribution < 1.29 is 14.3 Å². The van der Waals surface area contributed by atoms with E-state index in [9.17, 15) is 9.59 Å². The summed E-state index contributed by atoms with van der Waals surface area (Å²) in [6, 6.07) is 0.746. The molecule has 0 saturated carbocycles. The van der Waals surface area contributed by atoms with Gasteiger partial charge in [-0.05, 0) is 50.9 Å². The van der Waals surface area contributed by atoms with Crippen LogP contribution in [-0.2, 0) is 14.3 Å². The van der Waals surface area contributed by atoms with Gasteiger partial charge in [0.25, 0.3) is 0 Å². The molecule has 0 radical (unpaired) electrons. The fourth-order valence-electron chi connectivity index (χ4n) is 5.87. The summed E-state index contributed by atoms with van der Waals surface area (Å²) in [4.78, 5) is 33.2. The average molecular weight is 392 g/mol. The molecule has 4 rings (SSSR count). The van der Waals surface area contributed by atoms with Gasteiger partial charge in [-0.1, -0.05) is 13.8 Å². The van der Waals surface area contributed by atoms with Crippen LogP contribution in [0.15, 0.2) is 0 Å². The summed E-state index contributed by atoms with van der Waals surface area (Å²) >= 11 is 0. The smallest absolute Gasteiger partial charge is 0.237 e. The van der Waals surface area contributed by atoms with E-state index in [4.69, 9.17) is 4.74 Å². The number of fused-ring (bicyclic) bond motifs is 1. The summed E-state index contributed by atoms with van der Waals surface area (Å²) < 4.78 is 5.51. The number of piperidine rings is 1. The number of nitrogens with zero attached hydrogens (tertiary/aromatic N) is 3. The lowest BCUT2D eigenvalue weighted by atomic mass is 9.90. The van der Waals surface area contributed by atoms with Gasteiger partial charge >= 0.3 is 0 Å². The van der Waals surface area contributed by atoms with Crippen LogP contribution in [0.25, 0.3) is 0 Å². The van der Waals surface area contributed by atoms with Crippen LogP contribution in [0.2, 0.25) is 0 Å². The second-order valence-electron chi connectivity index (χ2n) is 9.65. The van der Waals surface area contributed by atoms with E-state index >= 15 is 0 Å². The molecule has 2 amide bonds. The zero-order chi connectivity index (χ0) is 19.7. The molecule has 4 saturated heterocycles. The lowest BCUT2D eigenvalue weighted by Gasteiger charge is -2.44. The number of rotatable bonds is 4. The summed E-state index contributed by atoms with van der Waals surface area (Å²) in [6.07, 6.45) is 7.30. The van der Waals surface area contributed by atoms with Crippen molar-refractivity contribution in [2.45, 2.75) is 76.9 Å². The maximum absolute atomic E-state index is 13.4. The molecular formula is C22H37N3O3. The van der Waals surface area contributed by atoms with Crippen LogP contribution < -0.4 is 0 Å². The number of piperazine rings is 1. The van der Waals surface area contributed by atoms with Crippen LogP contribution in [0.3, 0.4) is 0 Å². The molecular weight excluding hydrogens is 354 g/mol. The molecule has 4 aliphatic rings. The maximum atomic E-state index is 13.4. The van der Waals surface area contributed by atoms with Crippen molar-refractivity contribution >= 4 is 11.8 Å². The van der Waals surface area contributed by atoms with Gasteiger partial charge in [0.1, 0.15) is 0 Å². The molecule has 4 fully saturated rings. The molecule has 3 atom stereocenters. The molecule has 0 bridgehead atoms. The number of carbonyl (C=O) groups is 2. The SMILES string of the molecule is CC(C)CC1C(C(=O)N2CCCCC2)C[C@H]2CN(C3CCOCC3)CC(=O)N12. The number of ether oxygens (including phenoxy) is 1. The van der Waals surface area contributed by atoms with Crippen molar-refractivity contribution in [3.8, 4) is 0 Å². The van der Waals surface area contributed by atoms with Gasteiger partial charge in [0.15, 0.2) is 0 Å². The third kappa shape index (κ3) is 4.09. The number of hydrogen-bond acceptors (Lipinski definition) is 4. The standard InChI is InChI=1S/C22H37N3O3/c1-16(2)12-20-19(22(27)23-8-4-3-5-9-23)13-18-14-24(15-21(26)25(18)20)17-6-10-28-11-7-17/h16-20H,3-15H2,1-2H3/t18-,19?,20?/m0/s1. The molecule has 0 N–H and O–H groups in total. The van der Waals surface area contributed by atoms with Crippen LogP contribution >= 0.6 is 0 Å². The number of hydrogen-bond donors (Lipinski definition) is 0. The molecule has 0 spiro atoms. The molecule has 0 aliphatic carbocycles. The van der Waals surface area contributed by atoms with Crippen molar-refractivity contribution in [3.63, 3.8) is 0 Å². The van der Waals surface area contributed by atoms with Crippen LogP contribution in [0.5, 0.6) is 0 Å². The van der Waals surface area contributed by atoms with Crippen molar-refractivity contribution in [2.24, 2.45) is 11.8 Å². The monoisotopic (exact) mass is 391 g/mol. The second kappa shape index (κ2) is 8.70. The Kier molecular flexibility index (Phi) is 6.26. The molecule has 28 heavy (non-hydrogen) atoms. The Morgan fingerprint density at radius 1 is 1.11 bits per heavy atom. The lowest BCUT2D eigenvalue weighted by molar-refractivity contribution is -0.144. The van der Waals surface area contributed by atoms with E-state index in [0.29, 0.717) is 24.4 Å². The molecule has 4 heterocycles. The van der Waals surface area contributed by atoms with E-state index in [-0.39, 0.29) is 23.9 Å². The molecule has 0 aromatic carbocycles. The zero-order valence-electron chi connectivity index (χ0n) is 17.6. The number of carbonyl (C=O) groups excluding carboxylic acids is 2. The van der Waals surface area contributed by atoms with E-state index in [1.165, 1.54) is 6.42 Å². The van der Waals surface area contributed by atoms with E-state index in [2.05, 4.69) is 28.5 Å². The highest BCUT2D eigenvalue weighted by molar-refractivity contribution is 5.85. The Bertz CT molecular complexity index is 569. The van der Waals surface area contributed by atoms with Gasteiger partial charge < -0.3 is 14.5 Å². The first kappa shape index (κ1) is 20.1. The summed E-state index contributed by atoms with van der Waals surface area (Å²) in [7, 11) is 0. The van der Waals surface area contributed by atoms with E-state index in [0.717, 1.165) is 71.4 Å². The first-order chi connectivity index (χ1) is 13.5. The predicted molar refractivity (Wildman–Crippen MR) is 108 cm³/mol. The highest BCUT2D eigenvalue weighted by Gasteiger charge is 2.51. The summed E-state index contributed by atoms with van der Waals surface area (Å²) in [5, 5.41) is 0. The third-order valence-corrected chi connectivity index (χ3v) is 7.22. The van der Waals surface area contributed by atoms with Gasteiger partial charge in [-0.25, -0.2) is 0 Å². The molecule has 158 valence electrons. The van der Waals surface area contributed by atoms with Gasteiger partial charge in [-0.15, -0.1) is 0 Å². The Morgan fingerprint density at radius 3 is 2.50 bits per heavy atom. The quantitative estimate of drug-likeness (QED) is 0.737. The number of likely N-dealkylation sites (tertiary alicyclic amines) is 1. The third-order valence-electron chi connectivity index (χ3n) is 7.22. The van der Waals surface area contributed by atoms with Crippen LogP contribution in [0, 0.1) is 11.8 Å². The van der Waals surface area contributed by atoms with Gasteiger partial charge in [-0.3, -0.25) is 14.5 Å². The molecule has 6 nitrogen and oxygen atoms in total. The van der Waals surface area contributed by atoms with Crippen LogP contribution in [0.4, 0.5) is 0 Å². The van der Waals surface area contributed by atoms with Crippen molar-refractivity contribution in [1.29, 1.82) is 0 Å². The predicted octanol–water partition coefficient (Wildman–Crippen LogP) is 2.13. The normalized spacial score (nSPS) is 32.8. The highest BCUT2D eigenvalue weighted by Crippen LogP contribution is 2.38. The zero-order valence-corrected chi connectivity index (χ0v) is 17.6. The molecule has 0 aromatic heterocycles. The lowest BCUT2D eigenvalue weighted by Crippen LogP contribution is -2.59. The Balaban J connectivity index is 1.50. The summed E-state index contributed by atoms with van der Waals surface area (Å²) in [5.74, 6) is 1.03. The Labute approximate surface area is 169 Å². The molecule has 4 aliphatic heterocycles. The average Bonchev–Trinajstić information content (AvgIpc) is 3.07. The van der Waals surface area contributed by atoms with E-state index in [1.807, 2.05) is 0 Å². The van der Waals surface area contributed by atoms with Gasteiger partial charge in [0, 0.05) is 51.0 Å². The molecule has 6 heteroatoms. The second-order valence-corrected chi connectivity index (χ2v) is 9.65. The summed E-state index contributed by atoms with van der Waals surface area (Å²) in [5.41, 5.74) is 0. The van der Waals surface area contributed by atoms with Gasteiger partial charge in [0.05, 0.1) is 12.5 Å². The van der Waals surface area contributed by atoms with Crippen molar-refractivity contribution in [2.75, 3.05) is 39.4 Å². The largest absolute Gasteiger partial charge is 0.381 e. The minimum absolute atomic E-state index is 0.0101. The fourth-order valence-corrected chi connectivity index (χ4v) is 5.87. The van der Waals surface area contributed by atoms with Gasteiger partial charge in [-0.2, -0.15) is 0 Å². The van der Waals surface area contributed by atoms with Crippen molar-refractivity contribution in [1.82, 2.24) is 14.7 Å². The number of amides is 2. The summed E-state index contributed by atoms with van der Waals surface area (Å²) in [6.45, 7) is 9.25. The Hall–Kier alpha value is -1.14. The Morgan fingerprint density at radius 2 is 1.82 bits per heavy atom. The topological polar surface area (TPSA) is 53.1 Å².